The quantitative estimate of drug-likeness (QED) is 0.584. The lowest BCUT2D eigenvalue weighted by atomic mass is 10.2. The topological polar surface area (TPSA) is 38.9 Å². The summed E-state index contributed by atoms with van der Waals surface area (Å²) in [5.41, 5.74) is 3.83. The van der Waals surface area contributed by atoms with Crippen LogP contribution in [0.1, 0.15) is 5.89 Å². The zero-order chi connectivity index (χ0) is 8.23. The third-order valence-corrected chi connectivity index (χ3v) is 1.43. The van der Waals surface area contributed by atoms with Crippen molar-refractivity contribution in [2.24, 2.45) is 0 Å². The summed E-state index contributed by atoms with van der Waals surface area (Å²) in [4.78, 5) is 0. The van der Waals surface area contributed by atoms with Gasteiger partial charge in [-0.15, -0.1) is 15.9 Å². The smallest absolute Gasteiger partial charge is 0.248 e. The van der Waals surface area contributed by atoms with E-state index in [1.54, 1.807) is 6.08 Å². The second-order valence-electron chi connectivity index (χ2n) is 2.23. The molecule has 3 nitrogen and oxygen atoms in total. The summed E-state index contributed by atoms with van der Waals surface area (Å²) in [6.45, 7) is 0. The van der Waals surface area contributed by atoms with Crippen molar-refractivity contribution >= 4 is 5.57 Å². The van der Waals surface area contributed by atoms with Crippen molar-refractivity contribution in [2.45, 2.75) is 0 Å². The maximum atomic E-state index is 5.02. The Morgan fingerprint density at radius 1 is 1.33 bits per heavy atom. The van der Waals surface area contributed by atoms with E-state index in [4.69, 9.17) is 4.42 Å². The normalized spacial score (nSPS) is 14.5. The van der Waals surface area contributed by atoms with Gasteiger partial charge in [0.25, 0.3) is 0 Å². The molecule has 1 aliphatic carbocycles. The highest BCUT2D eigenvalue weighted by atomic mass is 16.4. The minimum absolute atomic E-state index is 0.516. The molecule has 58 valence electrons. The summed E-state index contributed by atoms with van der Waals surface area (Å²) in [6, 6.07) is 0. The van der Waals surface area contributed by atoms with Crippen LogP contribution in [-0.2, 0) is 0 Å². The molecule has 0 bridgehead atoms. The molecule has 0 N–H and O–H groups in total. The van der Waals surface area contributed by atoms with Crippen LogP contribution in [0.15, 0.2) is 46.9 Å². The summed E-state index contributed by atoms with van der Waals surface area (Å²) in [5, 5.41) is 7.37. The predicted molar refractivity (Wildman–Crippen MR) is 44.1 cm³/mol. The van der Waals surface area contributed by atoms with Gasteiger partial charge >= 0.3 is 0 Å². The predicted octanol–water partition coefficient (Wildman–Crippen LogP) is 1.73. The van der Waals surface area contributed by atoms with Gasteiger partial charge in [0, 0.05) is 5.57 Å². The SMILES string of the molecule is C1=CC=CC=C(c2nnco2)C=1. The highest BCUT2D eigenvalue weighted by Crippen LogP contribution is 2.12. The third kappa shape index (κ3) is 1.26. The number of allylic oxidation sites excluding steroid dienone is 5. The fourth-order valence-electron chi connectivity index (χ4n) is 0.888. The van der Waals surface area contributed by atoms with Gasteiger partial charge in [0.15, 0.2) is 0 Å². The molecule has 0 fully saturated rings. The average Bonchev–Trinajstić information content (AvgIpc) is 2.48. The van der Waals surface area contributed by atoms with E-state index in [-0.39, 0.29) is 0 Å². The number of hydrogen-bond acceptors (Lipinski definition) is 3. The lowest BCUT2D eigenvalue weighted by Gasteiger charge is -1.88. The maximum Gasteiger partial charge on any atom is 0.248 e. The Balaban J connectivity index is 2.42. The van der Waals surface area contributed by atoms with E-state index in [1.165, 1.54) is 6.39 Å². The fraction of sp³-hybridized carbons (Fsp3) is 0. The second-order valence-corrected chi connectivity index (χ2v) is 2.23. The molecule has 0 radical (unpaired) electrons. The number of aromatic nitrogens is 2. The van der Waals surface area contributed by atoms with Crippen LogP contribution in [0, 0.1) is 0 Å². The first-order valence-corrected chi connectivity index (χ1v) is 3.53. The van der Waals surface area contributed by atoms with Crippen LogP contribution < -0.4 is 0 Å². The van der Waals surface area contributed by atoms with Crippen molar-refractivity contribution in [3.63, 3.8) is 0 Å². The Hall–Kier alpha value is -1.86. The molecule has 1 heterocycles. The van der Waals surface area contributed by atoms with Crippen LogP contribution in [0.25, 0.3) is 5.57 Å². The number of nitrogens with zero attached hydrogens (tertiary/aromatic N) is 2. The molecule has 1 aliphatic rings. The van der Waals surface area contributed by atoms with E-state index in [0.29, 0.717) is 5.89 Å². The summed E-state index contributed by atoms with van der Waals surface area (Å²) in [7, 11) is 0. The van der Waals surface area contributed by atoms with E-state index in [2.05, 4.69) is 15.9 Å². The van der Waals surface area contributed by atoms with Crippen molar-refractivity contribution in [1.29, 1.82) is 0 Å². The zero-order valence-electron chi connectivity index (χ0n) is 6.27. The fourth-order valence-corrected chi connectivity index (χ4v) is 0.888. The molecule has 0 atom stereocenters. The molecule has 3 heteroatoms. The molecule has 1 aromatic rings. The van der Waals surface area contributed by atoms with E-state index in [0.717, 1.165) is 5.57 Å². The van der Waals surface area contributed by atoms with Crippen LogP contribution in [0.4, 0.5) is 0 Å². The highest BCUT2D eigenvalue weighted by Gasteiger charge is 2.02. The summed E-state index contributed by atoms with van der Waals surface area (Å²) < 4.78 is 5.02. The lowest BCUT2D eigenvalue weighted by molar-refractivity contribution is 0.539. The van der Waals surface area contributed by atoms with Crippen LogP contribution in [0.2, 0.25) is 0 Å². The van der Waals surface area contributed by atoms with Gasteiger partial charge in [0.1, 0.15) is 0 Å². The summed E-state index contributed by atoms with van der Waals surface area (Å²) >= 11 is 0. The highest BCUT2D eigenvalue weighted by molar-refractivity contribution is 5.70. The molecule has 0 amide bonds. The monoisotopic (exact) mass is 158 g/mol. The Bertz CT molecular complexity index is 379. The molecule has 0 saturated heterocycles. The largest absolute Gasteiger partial charge is 0.423 e. The number of rotatable bonds is 1. The van der Waals surface area contributed by atoms with Gasteiger partial charge in [-0.2, -0.15) is 0 Å². The van der Waals surface area contributed by atoms with Gasteiger partial charge in [-0.3, -0.25) is 0 Å². The first-order chi connectivity index (χ1) is 5.97. The number of hydrogen-bond donors (Lipinski definition) is 0. The summed E-state index contributed by atoms with van der Waals surface area (Å²) in [5.74, 6) is 0.516. The second kappa shape index (κ2) is 3.03. The Morgan fingerprint density at radius 2 is 2.33 bits per heavy atom. The Morgan fingerprint density at radius 3 is 3.17 bits per heavy atom. The van der Waals surface area contributed by atoms with Gasteiger partial charge in [-0.1, -0.05) is 12.2 Å². The van der Waals surface area contributed by atoms with Gasteiger partial charge in [-0.05, 0) is 18.2 Å². The molecule has 0 aliphatic heterocycles. The average molecular weight is 158 g/mol. The minimum atomic E-state index is 0.516. The van der Waals surface area contributed by atoms with Crippen molar-refractivity contribution in [3.8, 4) is 0 Å². The molecular weight excluding hydrogens is 152 g/mol. The standard InChI is InChI=1S/C9H6N2O/c1-2-4-6-8(5-3-1)9-11-10-7-12-9/h1-3,5-7H. The van der Waals surface area contributed by atoms with Gasteiger partial charge in [-0.25, -0.2) is 0 Å². The van der Waals surface area contributed by atoms with E-state index < -0.39 is 0 Å². The van der Waals surface area contributed by atoms with Gasteiger partial charge in [0.2, 0.25) is 12.3 Å². The molecule has 0 unspecified atom stereocenters. The molecular formula is C9H6N2O. The first kappa shape index (κ1) is 6.83. The summed E-state index contributed by atoms with van der Waals surface area (Å²) in [6.07, 6.45) is 10.6. The van der Waals surface area contributed by atoms with Crippen LogP contribution in [0.3, 0.4) is 0 Å². The van der Waals surface area contributed by atoms with Crippen LogP contribution in [0.5, 0.6) is 0 Å². The van der Waals surface area contributed by atoms with Gasteiger partial charge in [0.05, 0.1) is 0 Å². The molecule has 12 heavy (non-hydrogen) atoms. The molecule has 0 aromatic carbocycles. The maximum absolute atomic E-state index is 5.02. The van der Waals surface area contributed by atoms with Gasteiger partial charge < -0.3 is 4.42 Å². The Labute approximate surface area is 69.4 Å². The Kier molecular flexibility index (Phi) is 1.72. The van der Waals surface area contributed by atoms with Crippen LogP contribution >= 0.6 is 0 Å². The van der Waals surface area contributed by atoms with E-state index in [9.17, 15) is 0 Å². The third-order valence-electron chi connectivity index (χ3n) is 1.43. The zero-order valence-corrected chi connectivity index (χ0v) is 6.27. The van der Waals surface area contributed by atoms with Crippen molar-refractivity contribution < 1.29 is 4.42 Å². The molecule has 2 rings (SSSR count). The van der Waals surface area contributed by atoms with Crippen molar-refractivity contribution in [3.05, 3.63) is 48.4 Å². The van der Waals surface area contributed by atoms with Crippen molar-refractivity contribution in [1.82, 2.24) is 10.2 Å². The van der Waals surface area contributed by atoms with Crippen molar-refractivity contribution in [2.75, 3.05) is 0 Å². The minimum Gasteiger partial charge on any atom is -0.423 e. The molecule has 0 saturated carbocycles. The molecule has 0 spiro atoms. The lowest BCUT2D eigenvalue weighted by Crippen LogP contribution is -1.79. The van der Waals surface area contributed by atoms with E-state index >= 15 is 0 Å². The molecule has 1 aromatic heterocycles. The first-order valence-electron chi connectivity index (χ1n) is 3.53. The van der Waals surface area contributed by atoms with Crippen LogP contribution in [-0.4, -0.2) is 10.2 Å². The van der Waals surface area contributed by atoms with E-state index in [1.807, 2.05) is 24.3 Å².